The van der Waals surface area contributed by atoms with Crippen LogP contribution in [0.15, 0.2) is 36.4 Å². The summed E-state index contributed by atoms with van der Waals surface area (Å²) in [5, 5.41) is 1.21. The van der Waals surface area contributed by atoms with E-state index in [0.29, 0.717) is 35.2 Å². The molecule has 0 aromatic heterocycles. The molecular weight excluding hydrogens is 517 g/mol. The third kappa shape index (κ3) is 7.19. The number of nitrogens with zero attached hydrogens (tertiary/aromatic N) is 3. The predicted molar refractivity (Wildman–Crippen MR) is 146 cm³/mol. The number of fused-ring (bicyclic) bond motifs is 1. The van der Waals surface area contributed by atoms with E-state index in [9.17, 15) is 9.59 Å². The van der Waals surface area contributed by atoms with Crippen LogP contribution in [0, 0.1) is 0 Å². The van der Waals surface area contributed by atoms with Crippen LogP contribution in [0.3, 0.4) is 0 Å². The van der Waals surface area contributed by atoms with Gasteiger partial charge >= 0.3 is 6.09 Å². The van der Waals surface area contributed by atoms with Gasteiger partial charge in [-0.2, -0.15) is 0 Å². The predicted octanol–water partition coefficient (Wildman–Crippen LogP) is 4.07. The Bertz CT molecular complexity index is 1090. The van der Waals surface area contributed by atoms with Crippen molar-refractivity contribution in [3.63, 3.8) is 0 Å². The van der Waals surface area contributed by atoms with Crippen molar-refractivity contribution in [1.29, 1.82) is 0 Å². The average molecular weight is 550 g/mol. The number of hydrogen-bond acceptors (Lipinski definition) is 7. The number of halogens is 2. The summed E-state index contributed by atoms with van der Waals surface area (Å²) in [5.41, 5.74) is 7.58. The Morgan fingerprint density at radius 1 is 1.03 bits per heavy atom. The first-order valence-corrected chi connectivity index (χ1v) is 13.3. The number of anilines is 2. The zero-order valence-electron chi connectivity index (χ0n) is 21.0. The molecule has 11 heteroatoms. The van der Waals surface area contributed by atoms with Crippen molar-refractivity contribution < 1.29 is 19.1 Å². The van der Waals surface area contributed by atoms with Crippen molar-refractivity contribution in [3.8, 4) is 5.75 Å². The maximum absolute atomic E-state index is 12.5. The molecule has 2 aromatic carbocycles. The monoisotopic (exact) mass is 549 g/mol. The third-order valence-electron chi connectivity index (χ3n) is 6.59. The topological polar surface area (TPSA) is 86.4 Å². The highest BCUT2D eigenvalue weighted by atomic mass is 35.5. The molecule has 1 saturated heterocycles. The smallest absolute Gasteiger partial charge is 0.423 e. The molecular formula is C26H33Cl2N5O4. The van der Waals surface area contributed by atoms with E-state index in [1.807, 2.05) is 36.4 Å². The van der Waals surface area contributed by atoms with Gasteiger partial charge in [-0.3, -0.25) is 20.0 Å². The Labute approximate surface area is 227 Å². The van der Waals surface area contributed by atoms with Gasteiger partial charge in [0.05, 0.1) is 28.0 Å². The Morgan fingerprint density at radius 3 is 2.62 bits per heavy atom. The number of benzene rings is 2. The second-order valence-electron chi connectivity index (χ2n) is 9.01. The molecule has 0 saturated carbocycles. The number of carbonyl (C=O) groups excluding carboxylic acids is 2. The van der Waals surface area contributed by atoms with Crippen LogP contribution < -0.4 is 25.4 Å². The zero-order chi connectivity index (χ0) is 26.2. The summed E-state index contributed by atoms with van der Waals surface area (Å²) in [5.74, 6) is 0.616. The minimum atomic E-state index is -0.649. The molecule has 0 spiro atoms. The summed E-state index contributed by atoms with van der Waals surface area (Å²) in [4.78, 5) is 30.3. The number of unbranched alkanes of at least 4 members (excludes halogenated alkanes) is 1. The van der Waals surface area contributed by atoms with E-state index in [1.165, 1.54) is 4.90 Å². The lowest BCUT2D eigenvalue weighted by molar-refractivity contribution is -0.119. The molecule has 200 valence electrons. The maximum atomic E-state index is 12.5. The molecule has 0 bridgehead atoms. The van der Waals surface area contributed by atoms with Crippen LogP contribution in [0.5, 0.6) is 5.75 Å². The molecule has 2 aliphatic heterocycles. The van der Waals surface area contributed by atoms with Crippen LogP contribution in [0.4, 0.5) is 16.2 Å². The lowest BCUT2D eigenvalue weighted by atomic mass is 10.0. The minimum Gasteiger partial charge on any atom is -0.494 e. The fourth-order valence-electron chi connectivity index (χ4n) is 4.59. The number of piperazine rings is 1. The lowest BCUT2D eigenvalue weighted by Crippen LogP contribution is -2.46. The summed E-state index contributed by atoms with van der Waals surface area (Å²) < 4.78 is 11.1. The fourth-order valence-corrected chi connectivity index (χ4v) is 5.00. The number of aryl methyl sites for hydroxylation is 1. The van der Waals surface area contributed by atoms with Gasteiger partial charge in [-0.15, -0.1) is 0 Å². The third-order valence-corrected chi connectivity index (χ3v) is 7.40. The molecule has 2 N–H and O–H groups in total. The Hall–Kier alpha value is -2.72. The van der Waals surface area contributed by atoms with Crippen molar-refractivity contribution in [2.45, 2.75) is 25.7 Å². The SMILES string of the molecule is CNNC(=O)OCN1C(=O)CCc2ccc(OCCCCN3CCN(c4cccc(Cl)c4Cl)CC3)cc21. The van der Waals surface area contributed by atoms with Gasteiger partial charge < -0.3 is 14.4 Å². The van der Waals surface area contributed by atoms with Gasteiger partial charge in [0.15, 0.2) is 6.73 Å². The second kappa shape index (κ2) is 13.2. The summed E-state index contributed by atoms with van der Waals surface area (Å²) in [6.07, 6.45) is 2.34. The molecule has 2 aliphatic rings. The highest BCUT2D eigenvalue weighted by Gasteiger charge is 2.26. The highest BCUT2D eigenvalue weighted by molar-refractivity contribution is 6.43. The van der Waals surface area contributed by atoms with E-state index in [4.69, 9.17) is 32.7 Å². The molecule has 2 heterocycles. The standard InChI is InChI=1S/C26H33Cl2N5O4/c1-29-30-26(35)37-18-33-23-17-20(9-7-19(23)8-10-24(33)34)36-16-3-2-11-31-12-14-32(15-13-31)22-6-4-5-21(27)25(22)28/h4-7,9,17,29H,2-3,8,10-16,18H2,1H3,(H,30,35). The van der Waals surface area contributed by atoms with Crippen molar-refractivity contribution in [1.82, 2.24) is 15.8 Å². The van der Waals surface area contributed by atoms with E-state index in [1.54, 1.807) is 7.05 Å². The molecule has 0 radical (unpaired) electrons. The average Bonchev–Trinajstić information content (AvgIpc) is 2.90. The van der Waals surface area contributed by atoms with Crippen LogP contribution in [0.1, 0.15) is 24.8 Å². The molecule has 2 aromatic rings. The molecule has 2 amide bonds. The maximum Gasteiger partial charge on any atom is 0.423 e. The van der Waals surface area contributed by atoms with Gasteiger partial charge in [-0.05, 0) is 49.6 Å². The second-order valence-corrected chi connectivity index (χ2v) is 9.79. The number of hydrazine groups is 1. The Morgan fingerprint density at radius 2 is 1.84 bits per heavy atom. The number of carbonyl (C=O) groups is 2. The molecule has 37 heavy (non-hydrogen) atoms. The van der Waals surface area contributed by atoms with Crippen molar-refractivity contribution >= 4 is 46.6 Å². The van der Waals surface area contributed by atoms with E-state index in [2.05, 4.69) is 20.7 Å². The summed E-state index contributed by atoms with van der Waals surface area (Å²) in [6, 6.07) is 11.5. The molecule has 0 atom stereocenters. The van der Waals surface area contributed by atoms with Gasteiger partial charge in [0.25, 0.3) is 0 Å². The van der Waals surface area contributed by atoms with Crippen LogP contribution in [0.2, 0.25) is 10.0 Å². The highest BCUT2D eigenvalue weighted by Crippen LogP contribution is 2.33. The van der Waals surface area contributed by atoms with E-state index in [-0.39, 0.29) is 12.6 Å². The first-order valence-electron chi connectivity index (χ1n) is 12.5. The number of rotatable bonds is 10. The summed E-state index contributed by atoms with van der Waals surface area (Å²) in [7, 11) is 1.56. The Kier molecular flexibility index (Phi) is 9.74. The molecule has 4 rings (SSSR count). The van der Waals surface area contributed by atoms with Gasteiger partial charge in [0.2, 0.25) is 5.91 Å². The van der Waals surface area contributed by atoms with Crippen LogP contribution in [-0.2, 0) is 16.0 Å². The minimum absolute atomic E-state index is 0.0837. The summed E-state index contributed by atoms with van der Waals surface area (Å²) >= 11 is 12.5. The van der Waals surface area contributed by atoms with Gasteiger partial charge in [0.1, 0.15) is 5.75 Å². The van der Waals surface area contributed by atoms with E-state index < -0.39 is 6.09 Å². The Balaban J connectivity index is 1.20. The van der Waals surface area contributed by atoms with E-state index in [0.717, 1.165) is 62.5 Å². The number of nitrogens with one attached hydrogen (secondary N) is 2. The summed E-state index contributed by atoms with van der Waals surface area (Å²) in [6.45, 7) is 5.24. The number of amides is 2. The first-order chi connectivity index (χ1) is 18.0. The molecule has 0 unspecified atom stereocenters. The number of ether oxygens (including phenoxy) is 2. The van der Waals surface area contributed by atoms with Crippen LogP contribution in [-0.4, -0.2) is 70.0 Å². The first kappa shape index (κ1) is 27.3. The quantitative estimate of drug-likeness (QED) is 0.341. The van der Waals surface area contributed by atoms with Crippen molar-refractivity contribution in [3.05, 3.63) is 52.0 Å². The van der Waals surface area contributed by atoms with Crippen LogP contribution >= 0.6 is 23.2 Å². The zero-order valence-corrected chi connectivity index (χ0v) is 22.5. The van der Waals surface area contributed by atoms with Gasteiger partial charge in [-0.1, -0.05) is 35.3 Å². The fraction of sp³-hybridized carbons (Fsp3) is 0.462. The van der Waals surface area contributed by atoms with Gasteiger partial charge in [0, 0.05) is 45.7 Å². The van der Waals surface area contributed by atoms with Crippen molar-refractivity contribution in [2.24, 2.45) is 0 Å². The molecule has 9 nitrogen and oxygen atoms in total. The van der Waals surface area contributed by atoms with Crippen molar-refractivity contribution in [2.75, 3.05) is 62.9 Å². The lowest BCUT2D eigenvalue weighted by Gasteiger charge is -2.36. The molecule has 1 fully saturated rings. The molecule has 0 aliphatic carbocycles. The number of hydrogen-bond donors (Lipinski definition) is 2. The van der Waals surface area contributed by atoms with Crippen LogP contribution in [0.25, 0.3) is 0 Å². The van der Waals surface area contributed by atoms with Gasteiger partial charge in [-0.25, -0.2) is 10.2 Å². The largest absolute Gasteiger partial charge is 0.494 e. The van der Waals surface area contributed by atoms with E-state index >= 15 is 0 Å². The normalized spacial score (nSPS) is 15.9.